The van der Waals surface area contributed by atoms with E-state index in [9.17, 15) is 9.59 Å². The number of hydrogen-bond donors (Lipinski definition) is 1. The summed E-state index contributed by atoms with van der Waals surface area (Å²) in [6, 6.07) is 0. The first-order chi connectivity index (χ1) is 7.06. The molecule has 6 heteroatoms. The summed E-state index contributed by atoms with van der Waals surface area (Å²) in [5, 5.41) is 8.37. The van der Waals surface area contributed by atoms with Gasteiger partial charge in [-0.2, -0.15) is 0 Å². The molecule has 4 nitrogen and oxygen atoms in total. The fourth-order valence-corrected chi connectivity index (χ4v) is 1.28. The van der Waals surface area contributed by atoms with Crippen LogP contribution in [0.4, 0.5) is 0 Å². The highest BCUT2D eigenvalue weighted by Crippen LogP contribution is 2.07. The van der Waals surface area contributed by atoms with Gasteiger partial charge in [0, 0.05) is 17.3 Å². The summed E-state index contributed by atoms with van der Waals surface area (Å²) in [6.07, 6.45) is 1.56. The summed E-state index contributed by atoms with van der Waals surface area (Å²) in [5.41, 5.74) is 0. The van der Waals surface area contributed by atoms with E-state index < -0.39 is 5.97 Å². The molecule has 0 radical (unpaired) electrons. The lowest BCUT2D eigenvalue weighted by Crippen LogP contribution is -2.14. The summed E-state index contributed by atoms with van der Waals surface area (Å²) in [5.74, 6) is -1.05. The molecular formula is C9H14I2O4. The van der Waals surface area contributed by atoms with Crippen molar-refractivity contribution in [3.8, 4) is 0 Å². The van der Waals surface area contributed by atoms with Gasteiger partial charge in [-0.3, -0.25) is 9.59 Å². The molecule has 0 amide bonds. The highest BCUT2D eigenvalue weighted by Gasteiger charge is 2.07. The van der Waals surface area contributed by atoms with E-state index in [2.05, 4.69) is 45.2 Å². The van der Waals surface area contributed by atoms with Gasteiger partial charge < -0.3 is 9.84 Å². The molecule has 0 spiro atoms. The molecule has 0 heterocycles. The van der Waals surface area contributed by atoms with Gasteiger partial charge >= 0.3 is 11.9 Å². The first-order valence-corrected chi connectivity index (χ1v) is 7.40. The fraction of sp³-hybridized carbons (Fsp3) is 0.778. The van der Waals surface area contributed by atoms with E-state index in [1.54, 1.807) is 0 Å². The third-order valence-corrected chi connectivity index (χ3v) is 5.16. The van der Waals surface area contributed by atoms with Gasteiger partial charge in [-0.1, -0.05) is 45.2 Å². The Hall–Kier alpha value is 0.400. The molecule has 0 rings (SSSR count). The molecule has 0 aliphatic rings. The quantitative estimate of drug-likeness (QED) is 0.273. The van der Waals surface area contributed by atoms with Crippen LogP contribution in [0.1, 0.15) is 25.7 Å². The lowest BCUT2D eigenvalue weighted by atomic mass is 10.2. The third-order valence-electron chi connectivity index (χ3n) is 1.61. The number of hydrogen-bond acceptors (Lipinski definition) is 3. The zero-order chi connectivity index (χ0) is 11.7. The molecule has 0 aromatic rings. The average molecular weight is 440 g/mol. The minimum Gasteiger partial charge on any atom is -0.481 e. The Labute approximate surface area is 116 Å². The van der Waals surface area contributed by atoms with Gasteiger partial charge in [0.2, 0.25) is 0 Å². The maximum absolute atomic E-state index is 11.1. The zero-order valence-corrected chi connectivity index (χ0v) is 12.6. The van der Waals surface area contributed by atoms with Crippen LogP contribution < -0.4 is 0 Å². The summed E-state index contributed by atoms with van der Waals surface area (Å²) in [4.78, 5) is 21.3. The molecule has 0 saturated heterocycles. The summed E-state index contributed by atoms with van der Waals surface area (Å²) >= 11 is 4.47. The number of esters is 1. The summed E-state index contributed by atoms with van der Waals surface area (Å²) in [7, 11) is 0. The van der Waals surface area contributed by atoms with E-state index in [0.29, 0.717) is 29.8 Å². The van der Waals surface area contributed by atoms with Crippen LogP contribution in [0, 0.1) is 0 Å². The highest BCUT2D eigenvalue weighted by molar-refractivity contribution is 14.1. The van der Waals surface area contributed by atoms with Gasteiger partial charge in [-0.05, 0) is 12.8 Å². The van der Waals surface area contributed by atoms with Crippen LogP contribution in [0.15, 0.2) is 0 Å². The van der Waals surface area contributed by atoms with E-state index in [4.69, 9.17) is 9.84 Å². The molecule has 0 aromatic carbocycles. The SMILES string of the molecule is O=C(O)CCCCC(=O)OCC(I)CI. The van der Waals surface area contributed by atoms with Crippen molar-refractivity contribution in [3.63, 3.8) is 0 Å². The van der Waals surface area contributed by atoms with Crippen molar-refractivity contribution >= 4 is 57.1 Å². The summed E-state index contributed by atoms with van der Waals surface area (Å²) in [6.45, 7) is 0.446. The topological polar surface area (TPSA) is 63.6 Å². The average Bonchev–Trinajstić information content (AvgIpc) is 2.20. The van der Waals surface area contributed by atoms with E-state index in [-0.39, 0.29) is 12.4 Å². The maximum Gasteiger partial charge on any atom is 0.305 e. The molecular weight excluding hydrogens is 426 g/mol. The molecule has 88 valence electrons. The number of alkyl halides is 2. The number of carbonyl (C=O) groups is 2. The Bertz CT molecular complexity index is 208. The second-order valence-electron chi connectivity index (χ2n) is 3.04. The Balaban J connectivity index is 3.37. The Morgan fingerprint density at radius 3 is 2.40 bits per heavy atom. The number of rotatable bonds is 8. The minimum atomic E-state index is -0.819. The van der Waals surface area contributed by atoms with E-state index in [1.807, 2.05) is 0 Å². The number of unbranched alkanes of at least 4 members (excludes halogenated alkanes) is 1. The smallest absolute Gasteiger partial charge is 0.305 e. The van der Waals surface area contributed by atoms with Crippen molar-refractivity contribution in [1.82, 2.24) is 0 Å². The Morgan fingerprint density at radius 1 is 1.27 bits per heavy atom. The summed E-state index contributed by atoms with van der Waals surface area (Å²) < 4.78 is 6.31. The van der Waals surface area contributed by atoms with Crippen LogP contribution in [0.25, 0.3) is 0 Å². The molecule has 0 bridgehead atoms. The molecule has 0 fully saturated rings. The first kappa shape index (κ1) is 15.4. The van der Waals surface area contributed by atoms with Crippen molar-refractivity contribution in [2.45, 2.75) is 29.6 Å². The number of halogens is 2. The number of aliphatic carboxylic acids is 1. The predicted molar refractivity (Wildman–Crippen MR) is 73.8 cm³/mol. The Morgan fingerprint density at radius 2 is 1.87 bits per heavy atom. The number of ether oxygens (including phenoxy) is 1. The molecule has 1 N–H and O–H groups in total. The third kappa shape index (κ3) is 10.7. The standard InChI is InChI=1S/C9H14I2O4/c10-5-7(11)6-15-9(14)4-2-1-3-8(12)13/h7H,1-6H2,(H,12,13). The van der Waals surface area contributed by atoms with E-state index >= 15 is 0 Å². The van der Waals surface area contributed by atoms with Crippen LogP contribution in [0.2, 0.25) is 0 Å². The van der Waals surface area contributed by atoms with Crippen molar-refractivity contribution in [1.29, 1.82) is 0 Å². The van der Waals surface area contributed by atoms with Crippen LogP contribution in [-0.4, -0.2) is 32.0 Å². The van der Waals surface area contributed by atoms with Crippen molar-refractivity contribution in [2.75, 3.05) is 11.0 Å². The predicted octanol–water partition coefficient (Wildman–Crippen LogP) is 2.41. The molecule has 1 atom stereocenters. The van der Waals surface area contributed by atoms with Crippen molar-refractivity contribution in [2.24, 2.45) is 0 Å². The Kier molecular flexibility index (Phi) is 9.87. The van der Waals surface area contributed by atoms with Crippen molar-refractivity contribution < 1.29 is 19.4 Å². The lowest BCUT2D eigenvalue weighted by molar-refractivity contribution is -0.144. The minimum absolute atomic E-state index is 0.121. The van der Waals surface area contributed by atoms with Crippen LogP contribution in [-0.2, 0) is 14.3 Å². The fourth-order valence-electron chi connectivity index (χ4n) is 0.846. The van der Waals surface area contributed by atoms with Gasteiger partial charge in [0.25, 0.3) is 0 Å². The van der Waals surface area contributed by atoms with Crippen LogP contribution >= 0.6 is 45.2 Å². The van der Waals surface area contributed by atoms with Crippen LogP contribution in [0.5, 0.6) is 0 Å². The number of carbonyl (C=O) groups excluding carboxylic acids is 1. The van der Waals surface area contributed by atoms with Gasteiger partial charge in [0.05, 0.1) is 3.92 Å². The van der Waals surface area contributed by atoms with Gasteiger partial charge in [0.15, 0.2) is 0 Å². The zero-order valence-electron chi connectivity index (χ0n) is 8.25. The lowest BCUT2D eigenvalue weighted by Gasteiger charge is -2.07. The molecule has 0 aliphatic carbocycles. The molecule has 0 saturated carbocycles. The normalized spacial score (nSPS) is 12.1. The van der Waals surface area contributed by atoms with Crippen LogP contribution in [0.3, 0.4) is 0 Å². The van der Waals surface area contributed by atoms with Gasteiger partial charge in [0.1, 0.15) is 6.61 Å². The molecule has 0 aliphatic heterocycles. The highest BCUT2D eigenvalue weighted by atomic mass is 127. The monoisotopic (exact) mass is 440 g/mol. The maximum atomic E-state index is 11.1. The number of carboxylic acids is 1. The van der Waals surface area contributed by atoms with Gasteiger partial charge in [-0.25, -0.2) is 0 Å². The molecule has 15 heavy (non-hydrogen) atoms. The molecule has 1 unspecified atom stereocenters. The van der Waals surface area contributed by atoms with E-state index in [0.717, 1.165) is 4.43 Å². The second kappa shape index (κ2) is 9.61. The van der Waals surface area contributed by atoms with Crippen molar-refractivity contribution in [3.05, 3.63) is 0 Å². The largest absolute Gasteiger partial charge is 0.481 e. The number of carboxylic acid groups (broad SMARTS) is 1. The van der Waals surface area contributed by atoms with Gasteiger partial charge in [-0.15, -0.1) is 0 Å². The second-order valence-corrected chi connectivity index (χ2v) is 5.68. The van der Waals surface area contributed by atoms with E-state index in [1.165, 1.54) is 0 Å². The first-order valence-electron chi connectivity index (χ1n) is 4.63. The molecule has 0 aromatic heterocycles.